The zero-order valence-electron chi connectivity index (χ0n) is 17.9. The molecular weight excluding hydrogens is 383 g/mol. The highest BCUT2D eigenvalue weighted by Crippen LogP contribution is 2.14. The van der Waals surface area contributed by atoms with Gasteiger partial charge in [0.1, 0.15) is 17.0 Å². The van der Waals surface area contributed by atoms with Crippen molar-refractivity contribution in [2.45, 2.75) is 122 Å². The van der Waals surface area contributed by atoms with Crippen molar-refractivity contribution in [3.63, 3.8) is 0 Å². The number of rotatable bonds is 16. The first-order chi connectivity index (χ1) is 13.0. The molecule has 0 aliphatic carbocycles. The van der Waals surface area contributed by atoms with E-state index in [1.54, 1.807) is 6.08 Å². The smallest absolute Gasteiger partial charge is 0.308 e. The van der Waals surface area contributed by atoms with Crippen LogP contribution in [0.15, 0.2) is 12.2 Å². The van der Waals surface area contributed by atoms with Crippen LogP contribution < -0.4 is 0 Å². The number of ether oxygens (including phenoxy) is 1. The lowest BCUT2D eigenvalue weighted by atomic mass is 10.1. The maximum Gasteiger partial charge on any atom is 0.308 e. The molecule has 0 heterocycles. The Balaban J connectivity index is 0. The van der Waals surface area contributed by atoms with Crippen molar-refractivity contribution in [1.29, 1.82) is 0 Å². The Morgan fingerprint density at radius 2 is 1.48 bits per heavy atom. The van der Waals surface area contributed by atoms with Gasteiger partial charge in [0.15, 0.2) is 0 Å². The summed E-state index contributed by atoms with van der Waals surface area (Å²) in [5, 5.41) is 10.1. The van der Waals surface area contributed by atoms with Gasteiger partial charge >= 0.3 is 5.97 Å². The summed E-state index contributed by atoms with van der Waals surface area (Å²) in [5.41, 5.74) is 0. The Morgan fingerprint density at radius 1 is 0.963 bits per heavy atom. The minimum absolute atomic E-state index is 0.0610. The number of hydrogen-bond donors (Lipinski definition) is 1. The van der Waals surface area contributed by atoms with E-state index in [0.717, 1.165) is 12.8 Å². The number of esters is 1. The van der Waals surface area contributed by atoms with Gasteiger partial charge in [0.05, 0.1) is 6.42 Å². The van der Waals surface area contributed by atoms with Gasteiger partial charge in [-0.3, -0.25) is 4.79 Å². The molecule has 1 N–H and O–H groups in total. The van der Waals surface area contributed by atoms with Gasteiger partial charge in [-0.15, -0.1) is 23.2 Å². The third-order valence-electron chi connectivity index (χ3n) is 4.19. The average Bonchev–Trinajstić information content (AvgIpc) is 2.65. The topological polar surface area (TPSA) is 46.5 Å². The van der Waals surface area contributed by atoms with Crippen LogP contribution in [-0.2, 0) is 9.53 Å². The van der Waals surface area contributed by atoms with Crippen LogP contribution in [0.1, 0.15) is 105 Å². The molecule has 0 aromatic carbocycles. The van der Waals surface area contributed by atoms with Gasteiger partial charge in [0.25, 0.3) is 0 Å². The standard InChI is InChI=1S/C20H36Cl2O3.C2H6/c1-3-5-6-7-8-9-10-11-12-13-14-15-17(23)18(4-2)25-20(24)16-19(21)22;1-2/h14-15,17-19,23H,3-13,16H2,1-2H3;1-2H3/b15-14+;. The molecule has 0 rings (SSSR count). The molecule has 0 aliphatic rings. The second-order valence-corrected chi connectivity index (χ2v) is 7.84. The second-order valence-electron chi connectivity index (χ2n) is 6.57. The Labute approximate surface area is 177 Å². The number of carbonyl (C=O) groups excluding carboxylic acids is 1. The van der Waals surface area contributed by atoms with Crippen molar-refractivity contribution in [2.24, 2.45) is 0 Å². The van der Waals surface area contributed by atoms with Gasteiger partial charge < -0.3 is 9.84 Å². The summed E-state index contributed by atoms with van der Waals surface area (Å²) in [5.74, 6) is -0.478. The molecule has 162 valence electrons. The second kappa shape index (κ2) is 22.0. The molecule has 3 nitrogen and oxygen atoms in total. The van der Waals surface area contributed by atoms with Crippen LogP contribution in [0.3, 0.4) is 0 Å². The van der Waals surface area contributed by atoms with Crippen molar-refractivity contribution in [2.75, 3.05) is 0 Å². The van der Waals surface area contributed by atoms with Crippen LogP contribution in [0, 0.1) is 0 Å². The number of carbonyl (C=O) groups is 1. The molecule has 5 heteroatoms. The van der Waals surface area contributed by atoms with Gasteiger partial charge in [-0.2, -0.15) is 0 Å². The molecule has 0 aromatic heterocycles. The van der Waals surface area contributed by atoms with Crippen LogP contribution in [0.5, 0.6) is 0 Å². The van der Waals surface area contributed by atoms with E-state index in [4.69, 9.17) is 27.9 Å². The summed E-state index contributed by atoms with van der Waals surface area (Å²) < 4.78 is 5.21. The van der Waals surface area contributed by atoms with E-state index in [2.05, 4.69) is 6.92 Å². The number of aliphatic hydroxyl groups excluding tert-OH is 1. The quantitative estimate of drug-likeness (QED) is 0.122. The zero-order chi connectivity index (χ0) is 20.9. The third kappa shape index (κ3) is 20.3. The monoisotopic (exact) mass is 424 g/mol. The molecule has 0 aromatic rings. The number of alkyl halides is 2. The Hall–Kier alpha value is -0.250. The Morgan fingerprint density at radius 3 is 1.96 bits per heavy atom. The van der Waals surface area contributed by atoms with Crippen LogP contribution >= 0.6 is 23.2 Å². The molecule has 2 unspecified atom stereocenters. The van der Waals surface area contributed by atoms with E-state index in [9.17, 15) is 9.90 Å². The van der Waals surface area contributed by atoms with E-state index in [-0.39, 0.29) is 6.42 Å². The van der Waals surface area contributed by atoms with Gasteiger partial charge in [0, 0.05) is 0 Å². The zero-order valence-corrected chi connectivity index (χ0v) is 19.4. The van der Waals surface area contributed by atoms with E-state index in [1.165, 1.54) is 51.4 Å². The highest BCUT2D eigenvalue weighted by Gasteiger charge is 2.20. The molecule has 0 amide bonds. The molecule has 0 aliphatic heterocycles. The fraction of sp³-hybridized carbons (Fsp3) is 0.864. The normalized spacial score (nSPS) is 13.3. The highest BCUT2D eigenvalue weighted by atomic mass is 35.5. The number of hydrogen-bond acceptors (Lipinski definition) is 3. The number of halogens is 2. The molecule has 0 bridgehead atoms. The van der Waals surface area contributed by atoms with Crippen molar-refractivity contribution in [3.8, 4) is 0 Å². The summed E-state index contributed by atoms with van der Waals surface area (Å²) in [6.07, 6.45) is 15.5. The van der Waals surface area contributed by atoms with Crippen LogP contribution in [0.2, 0.25) is 0 Å². The lowest BCUT2D eigenvalue weighted by molar-refractivity contribution is -0.153. The molecule has 2 atom stereocenters. The van der Waals surface area contributed by atoms with Crippen molar-refractivity contribution in [1.82, 2.24) is 0 Å². The molecule has 27 heavy (non-hydrogen) atoms. The van der Waals surface area contributed by atoms with E-state index >= 15 is 0 Å². The van der Waals surface area contributed by atoms with Gasteiger partial charge in [-0.1, -0.05) is 91.2 Å². The average molecular weight is 425 g/mol. The van der Waals surface area contributed by atoms with E-state index < -0.39 is 23.0 Å². The first-order valence-corrected chi connectivity index (χ1v) is 11.7. The van der Waals surface area contributed by atoms with Crippen molar-refractivity contribution >= 4 is 29.2 Å². The van der Waals surface area contributed by atoms with Gasteiger partial charge in [0.2, 0.25) is 0 Å². The predicted molar refractivity (Wildman–Crippen MR) is 119 cm³/mol. The largest absolute Gasteiger partial charge is 0.459 e. The minimum Gasteiger partial charge on any atom is -0.459 e. The van der Waals surface area contributed by atoms with E-state index in [1.807, 2.05) is 26.8 Å². The van der Waals surface area contributed by atoms with Gasteiger partial charge in [-0.05, 0) is 19.3 Å². The van der Waals surface area contributed by atoms with Crippen LogP contribution in [-0.4, -0.2) is 28.1 Å². The lowest BCUT2D eigenvalue weighted by Gasteiger charge is -2.19. The third-order valence-corrected chi connectivity index (χ3v) is 4.50. The maximum absolute atomic E-state index is 11.6. The fourth-order valence-electron chi connectivity index (χ4n) is 2.67. The molecule has 0 fully saturated rings. The number of aliphatic hydroxyl groups is 1. The maximum atomic E-state index is 11.6. The van der Waals surface area contributed by atoms with Crippen molar-refractivity contribution < 1.29 is 14.6 Å². The molecule has 0 spiro atoms. The molecule has 0 saturated carbocycles. The highest BCUT2D eigenvalue weighted by molar-refractivity contribution is 6.45. The first kappa shape index (κ1) is 29.0. The minimum atomic E-state index is -0.781. The summed E-state index contributed by atoms with van der Waals surface area (Å²) >= 11 is 11.1. The molecular formula is C22H42Cl2O3. The Bertz CT molecular complexity index is 346. The molecule has 0 radical (unpaired) electrons. The summed E-state index contributed by atoms with van der Waals surface area (Å²) in [4.78, 5) is 10.8. The SMILES string of the molecule is CC.CCCCCCCCCCC/C=C/C(O)C(CC)OC(=O)CC(Cl)Cl. The van der Waals surface area contributed by atoms with Gasteiger partial charge in [-0.25, -0.2) is 0 Å². The summed E-state index contributed by atoms with van der Waals surface area (Å²) in [6.45, 7) is 8.11. The van der Waals surface area contributed by atoms with E-state index in [0.29, 0.717) is 6.42 Å². The van der Waals surface area contributed by atoms with Crippen molar-refractivity contribution in [3.05, 3.63) is 12.2 Å². The number of unbranched alkanes of at least 4 members (excludes halogenated alkanes) is 9. The van der Waals surface area contributed by atoms with Crippen LogP contribution in [0.4, 0.5) is 0 Å². The summed E-state index contributed by atoms with van der Waals surface area (Å²) in [6, 6.07) is 0. The fourth-order valence-corrected chi connectivity index (χ4v) is 2.92. The first-order valence-electron chi connectivity index (χ1n) is 10.8. The Kier molecular flexibility index (Phi) is 23.6. The lowest BCUT2D eigenvalue weighted by Crippen LogP contribution is -2.29. The van der Waals surface area contributed by atoms with Crippen LogP contribution in [0.25, 0.3) is 0 Å². The summed E-state index contributed by atoms with van der Waals surface area (Å²) in [7, 11) is 0. The predicted octanol–water partition coefficient (Wildman–Crippen LogP) is 7.37. The molecule has 0 saturated heterocycles. The number of allylic oxidation sites excluding steroid dienone is 1.